The van der Waals surface area contributed by atoms with Gasteiger partial charge in [-0.1, -0.05) is 0 Å². The summed E-state index contributed by atoms with van der Waals surface area (Å²) in [7, 11) is 0. The Balaban J connectivity index is 1.71. The topological polar surface area (TPSA) is 244 Å². The first-order valence-electron chi connectivity index (χ1n) is 9.48. The first-order chi connectivity index (χ1) is 15.9. The standard InChI is InChI=1S/C20H20O14/c21-8-1-6(2-9(22)13(8)25)18(29)32-5-12-15(27)17(16(28)20(31)33-12)34-19(30)7-3-10(23)14(26)11(24)4-7/h1-4,12,15-17,20-28,31H,5H2/t12-,15-,16-,17+,20+/m1/s1. The average Bonchev–Trinajstić information content (AvgIpc) is 2.79. The molecule has 14 nitrogen and oxygen atoms in total. The summed E-state index contributed by atoms with van der Waals surface area (Å²) < 4.78 is 14.8. The number of esters is 2. The van der Waals surface area contributed by atoms with E-state index in [-0.39, 0.29) is 5.56 Å². The molecule has 0 radical (unpaired) electrons. The SMILES string of the molecule is O=C(OC[C@H]1O[C@H](O)[C@H](O)[C@@H](OC(=O)c2cc(O)c(O)c(O)c2)[C@@H]1O)c1cc(O)c(O)c(O)c1. The van der Waals surface area contributed by atoms with Gasteiger partial charge in [-0.15, -0.1) is 0 Å². The summed E-state index contributed by atoms with van der Waals surface area (Å²) in [6.45, 7) is -0.749. The lowest BCUT2D eigenvalue weighted by Gasteiger charge is -2.39. The lowest BCUT2D eigenvalue weighted by Crippen LogP contribution is -2.60. The van der Waals surface area contributed by atoms with Crippen molar-refractivity contribution in [3.63, 3.8) is 0 Å². The number of hydrogen-bond acceptors (Lipinski definition) is 14. The van der Waals surface area contributed by atoms with Crippen molar-refractivity contribution in [1.82, 2.24) is 0 Å². The van der Waals surface area contributed by atoms with Crippen LogP contribution in [-0.4, -0.2) is 95.2 Å². The van der Waals surface area contributed by atoms with Gasteiger partial charge in [-0.25, -0.2) is 9.59 Å². The van der Waals surface area contributed by atoms with Crippen LogP contribution >= 0.6 is 0 Å². The van der Waals surface area contributed by atoms with E-state index in [2.05, 4.69) is 0 Å². The first-order valence-corrected chi connectivity index (χ1v) is 9.48. The van der Waals surface area contributed by atoms with Gasteiger partial charge in [0.2, 0.25) is 0 Å². The zero-order valence-corrected chi connectivity index (χ0v) is 17.0. The third kappa shape index (κ3) is 4.84. The molecule has 0 unspecified atom stereocenters. The van der Waals surface area contributed by atoms with Gasteiger partial charge in [0, 0.05) is 0 Å². The van der Waals surface area contributed by atoms with Gasteiger partial charge in [-0.05, 0) is 24.3 Å². The first kappa shape index (κ1) is 24.7. The quantitative estimate of drug-likeness (QED) is 0.178. The van der Waals surface area contributed by atoms with Gasteiger partial charge in [0.1, 0.15) is 24.9 Å². The van der Waals surface area contributed by atoms with Crippen molar-refractivity contribution in [3.05, 3.63) is 35.4 Å². The van der Waals surface area contributed by atoms with Crippen molar-refractivity contribution in [2.24, 2.45) is 0 Å². The highest BCUT2D eigenvalue weighted by Crippen LogP contribution is 2.37. The summed E-state index contributed by atoms with van der Waals surface area (Å²) in [5, 5.41) is 87.1. The molecule has 0 saturated carbocycles. The maximum atomic E-state index is 12.4. The van der Waals surface area contributed by atoms with Crippen LogP contribution in [0, 0.1) is 0 Å². The molecule has 1 saturated heterocycles. The van der Waals surface area contributed by atoms with Gasteiger partial charge in [0.05, 0.1) is 11.1 Å². The molecule has 1 fully saturated rings. The van der Waals surface area contributed by atoms with Crippen LogP contribution in [0.1, 0.15) is 20.7 Å². The van der Waals surface area contributed by atoms with Crippen LogP contribution in [0.3, 0.4) is 0 Å². The molecule has 0 aromatic heterocycles. The molecule has 5 atom stereocenters. The van der Waals surface area contributed by atoms with Crippen LogP contribution in [-0.2, 0) is 14.2 Å². The van der Waals surface area contributed by atoms with E-state index in [1.165, 1.54) is 0 Å². The molecule has 9 N–H and O–H groups in total. The fraction of sp³-hybridized carbons (Fsp3) is 0.300. The molecule has 2 aromatic carbocycles. The predicted octanol–water partition coefficient (Wildman–Crippen LogP) is -1.26. The molecule has 34 heavy (non-hydrogen) atoms. The molecule has 1 aliphatic rings. The van der Waals surface area contributed by atoms with Gasteiger partial charge in [-0.3, -0.25) is 0 Å². The number of aliphatic hydroxyl groups is 3. The molecule has 184 valence electrons. The number of rotatable bonds is 5. The van der Waals surface area contributed by atoms with Gasteiger partial charge >= 0.3 is 11.9 Å². The Morgan fingerprint density at radius 2 is 1.18 bits per heavy atom. The molecule has 3 rings (SSSR count). The maximum Gasteiger partial charge on any atom is 0.338 e. The number of phenols is 6. The monoisotopic (exact) mass is 484 g/mol. The second-order valence-corrected chi connectivity index (χ2v) is 7.24. The third-order valence-corrected chi connectivity index (χ3v) is 4.89. The number of aliphatic hydroxyl groups excluding tert-OH is 3. The fourth-order valence-electron chi connectivity index (χ4n) is 3.07. The van der Waals surface area contributed by atoms with Crippen LogP contribution in [0.25, 0.3) is 0 Å². The minimum Gasteiger partial charge on any atom is -0.504 e. The summed E-state index contributed by atoms with van der Waals surface area (Å²) in [5.41, 5.74) is -0.850. The van der Waals surface area contributed by atoms with Gasteiger partial charge in [0.15, 0.2) is 46.9 Å². The third-order valence-electron chi connectivity index (χ3n) is 4.89. The van der Waals surface area contributed by atoms with E-state index in [4.69, 9.17) is 14.2 Å². The maximum absolute atomic E-state index is 12.4. The molecule has 2 aromatic rings. The zero-order chi connectivity index (χ0) is 25.3. The highest BCUT2D eigenvalue weighted by Gasteiger charge is 2.47. The Hall–Kier alpha value is -3.98. The zero-order valence-electron chi connectivity index (χ0n) is 17.0. The van der Waals surface area contributed by atoms with Crippen LogP contribution in [0.15, 0.2) is 24.3 Å². The highest BCUT2D eigenvalue weighted by atomic mass is 16.7. The Bertz CT molecular complexity index is 1050. The van der Waals surface area contributed by atoms with Crippen LogP contribution in [0.5, 0.6) is 34.5 Å². The number of phenolic OH excluding ortho intramolecular Hbond substituents is 6. The van der Waals surface area contributed by atoms with E-state index < -0.39 is 89.3 Å². The molecular formula is C20H20O14. The molecule has 0 amide bonds. The summed E-state index contributed by atoms with van der Waals surface area (Å²) in [6, 6.07) is 3.07. The summed E-state index contributed by atoms with van der Waals surface area (Å²) >= 11 is 0. The molecular weight excluding hydrogens is 464 g/mol. The van der Waals surface area contributed by atoms with E-state index in [9.17, 15) is 55.5 Å². The summed E-state index contributed by atoms with van der Waals surface area (Å²) in [5.74, 6) is -7.48. The van der Waals surface area contributed by atoms with Crippen molar-refractivity contribution in [2.75, 3.05) is 6.61 Å². The van der Waals surface area contributed by atoms with Crippen molar-refractivity contribution in [3.8, 4) is 34.5 Å². The lowest BCUT2D eigenvalue weighted by molar-refractivity contribution is -0.285. The Kier molecular flexibility index (Phi) is 6.88. The minimum atomic E-state index is -1.99. The van der Waals surface area contributed by atoms with Crippen molar-refractivity contribution < 1.29 is 69.8 Å². The number of benzene rings is 2. The molecule has 0 bridgehead atoms. The molecule has 0 spiro atoms. The van der Waals surface area contributed by atoms with Crippen LogP contribution < -0.4 is 0 Å². The molecule has 1 aliphatic heterocycles. The molecule has 1 heterocycles. The van der Waals surface area contributed by atoms with Crippen molar-refractivity contribution >= 4 is 11.9 Å². The van der Waals surface area contributed by atoms with E-state index in [0.717, 1.165) is 24.3 Å². The largest absolute Gasteiger partial charge is 0.504 e. The Labute approximate surface area is 189 Å². The van der Waals surface area contributed by atoms with Gasteiger partial charge < -0.3 is 60.2 Å². The van der Waals surface area contributed by atoms with Crippen molar-refractivity contribution in [1.29, 1.82) is 0 Å². The Morgan fingerprint density at radius 1 is 0.735 bits per heavy atom. The van der Waals surface area contributed by atoms with Crippen LogP contribution in [0.2, 0.25) is 0 Å². The van der Waals surface area contributed by atoms with Crippen molar-refractivity contribution in [2.45, 2.75) is 30.7 Å². The van der Waals surface area contributed by atoms with Crippen LogP contribution in [0.4, 0.5) is 0 Å². The van der Waals surface area contributed by atoms with E-state index in [0.29, 0.717) is 0 Å². The van der Waals surface area contributed by atoms with E-state index in [1.807, 2.05) is 0 Å². The fourth-order valence-corrected chi connectivity index (χ4v) is 3.07. The number of aromatic hydroxyl groups is 6. The normalized spacial score (nSPS) is 24.4. The average molecular weight is 484 g/mol. The second-order valence-electron chi connectivity index (χ2n) is 7.24. The predicted molar refractivity (Wildman–Crippen MR) is 105 cm³/mol. The minimum absolute atomic E-state index is 0.381. The summed E-state index contributed by atoms with van der Waals surface area (Å²) in [6.07, 6.45) is -9.14. The number of hydrogen-bond donors (Lipinski definition) is 9. The lowest BCUT2D eigenvalue weighted by atomic mass is 9.99. The highest BCUT2D eigenvalue weighted by molar-refractivity contribution is 5.91. The smallest absolute Gasteiger partial charge is 0.338 e. The molecule has 14 heteroatoms. The van der Waals surface area contributed by atoms with E-state index in [1.54, 1.807) is 0 Å². The molecule has 0 aliphatic carbocycles. The number of carbonyl (C=O) groups is 2. The second kappa shape index (κ2) is 9.48. The van der Waals surface area contributed by atoms with Gasteiger partial charge in [-0.2, -0.15) is 0 Å². The van der Waals surface area contributed by atoms with E-state index >= 15 is 0 Å². The van der Waals surface area contributed by atoms with Gasteiger partial charge in [0.25, 0.3) is 0 Å². The number of ether oxygens (including phenoxy) is 3. The Morgan fingerprint density at radius 3 is 1.65 bits per heavy atom. The summed E-state index contributed by atoms with van der Waals surface area (Å²) in [4.78, 5) is 24.5. The number of carbonyl (C=O) groups excluding carboxylic acids is 2.